The minimum absolute atomic E-state index is 0.0388. The smallest absolute Gasteiger partial charge is 0.136 e. The molecule has 2 nitrogen and oxygen atoms in total. The molecule has 0 heterocycles. The molecule has 0 amide bonds. The minimum atomic E-state index is 0.0388. The van der Waals surface area contributed by atoms with Gasteiger partial charge in [0.15, 0.2) is 0 Å². The predicted octanol–water partition coefficient (Wildman–Crippen LogP) is 1.33. The largest absolute Gasteiger partial charge is 0.300 e. The summed E-state index contributed by atoms with van der Waals surface area (Å²) in [6.45, 7) is 2.06. The fraction of sp³-hybridized carbons (Fsp3) is 0.778. The summed E-state index contributed by atoms with van der Waals surface area (Å²) >= 11 is 0. The van der Waals surface area contributed by atoms with Gasteiger partial charge in [0.1, 0.15) is 11.6 Å². The van der Waals surface area contributed by atoms with E-state index < -0.39 is 0 Å². The number of fused-ring (bicyclic) bond motifs is 2. The van der Waals surface area contributed by atoms with E-state index >= 15 is 0 Å². The van der Waals surface area contributed by atoms with E-state index in [1.54, 1.807) is 0 Å². The highest BCUT2D eigenvalue weighted by molar-refractivity contribution is 5.93. The standard InChI is InChI=1S/C9H12O2/c1-9-3-6(8(11)5-9)2-7(10)4-9/h6H,2-5H2,1H3/t6-,9-/m1/s1. The number of Topliss-reactive ketones (excluding diaryl/α,β-unsaturated/α-hetero) is 2. The molecule has 0 radical (unpaired) electrons. The minimum Gasteiger partial charge on any atom is -0.300 e. The van der Waals surface area contributed by atoms with Crippen molar-refractivity contribution < 1.29 is 9.59 Å². The molecule has 2 aliphatic carbocycles. The molecule has 0 aromatic carbocycles. The quantitative estimate of drug-likeness (QED) is 0.524. The van der Waals surface area contributed by atoms with E-state index in [2.05, 4.69) is 6.92 Å². The average molecular weight is 152 g/mol. The first-order valence-electron chi connectivity index (χ1n) is 4.13. The second kappa shape index (κ2) is 1.93. The molecule has 0 aromatic rings. The van der Waals surface area contributed by atoms with Gasteiger partial charge in [0.2, 0.25) is 0 Å². The lowest BCUT2D eigenvalue weighted by molar-refractivity contribution is -0.126. The molecule has 2 atom stereocenters. The van der Waals surface area contributed by atoms with Crippen LogP contribution < -0.4 is 0 Å². The summed E-state index contributed by atoms with van der Waals surface area (Å²) in [6.07, 6.45) is 2.75. The molecule has 2 aliphatic rings. The Morgan fingerprint density at radius 3 is 2.73 bits per heavy atom. The Balaban J connectivity index is 2.29. The Morgan fingerprint density at radius 2 is 2.09 bits per heavy atom. The van der Waals surface area contributed by atoms with Crippen molar-refractivity contribution in [3.05, 3.63) is 0 Å². The Morgan fingerprint density at radius 1 is 1.36 bits per heavy atom. The molecule has 2 fully saturated rings. The van der Waals surface area contributed by atoms with Gasteiger partial charge in [0.05, 0.1) is 0 Å². The molecule has 11 heavy (non-hydrogen) atoms. The van der Waals surface area contributed by atoms with Gasteiger partial charge in [-0.3, -0.25) is 9.59 Å². The first-order chi connectivity index (χ1) is 5.09. The van der Waals surface area contributed by atoms with Crippen LogP contribution in [0.1, 0.15) is 32.6 Å². The van der Waals surface area contributed by atoms with Crippen molar-refractivity contribution in [1.82, 2.24) is 0 Å². The van der Waals surface area contributed by atoms with Crippen molar-refractivity contribution in [2.24, 2.45) is 11.3 Å². The van der Waals surface area contributed by atoms with Gasteiger partial charge in [0, 0.05) is 25.2 Å². The van der Waals surface area contributed by atoms with Crippen LogP contribution in [0, 0.1) is 11.3 Å². The number of hydrogen-bond acceptors (Lipinski definition) is 2. The van der Waals surface area contributed by atoms with Gasteiger partial charge < -0.3 is 0 Å². The van der Waals surface area contributed by atoms with E-state index in [9.17, 15) is 9.59 Å². The van der Waals surface area contributed by atoms with Crippen LogP contribution in [0.3, 0.4) is 0 Å². The van der Waals surface area contributed by atoms with E-state index in [1.807, 2.05) is 0 Å². The van der Waals surface area contributed by atoms with Crippen LogP contribution in [0.4, 0.5) is 0 Å². The molecule has 2 bridgehead atoms. The summed E-state index contributed by atoms with van der Waals surface area (Å²) in [5.41, 5.74) is 0.0388. The highest BCUT2D eigenvalue weighted by Crippen LogP contribution is 2.47. The van der Waals surface area contributed by atoms with E-state index in [4.69, 9.17) is 0 Å². The van der Waals surface area contributed by atoms with Crippen molar-refractivity contribution in [2.45, 2.75) is 32.6 Å². The lowest BCUT2D eigenvalue weighted by Gasteiger charge is -2.26. The Kier molecular flexibility index (Phi) is 1.23. The molecule has 0 saturated heterocycles. The number of hydrogen-bond donors (Lipinski definition) is 0. The van der Waals surface area contributed by atoms with E-state index in [1.165, 1.54) is 0 Å². The predicted molar refractivity (Wildman–Crippen MR) is 40.1 cm³/mol. The number of carbonyl (C=O) groups is 2. The summed E-state index contributed by atoms with van der Waals surface area (Å²) in [7, 11) is 0. The zero-order valence-corrected chi connectivity index (χ0v) is 6.72. The van der Waals surface area contributed by atoms with Crippen LogP contribution in [0.5, 0.6) is 0 Å². The van der Waals surface area contributed by atoms with Crippen LogP contribution in [0.15, 0.2) is 0 Å². The van der Waals surface area contributed by atoms with Gasteiger partial charge in [-0.05, 0) is 11.8 Å². The van der Waals surface area contributed by atoms with Crippen molar-refractivity contribution in [3.8, 4) is 0 Å². The second-order valence-corrected chi connectivity index (χ2v) is 4.27. The summed E-state index contributed by atoms with van der Waals surface area (Å²) in [4.78, 5) is 22.4. The Bertz CT molecular complexity index is 228. The van der Waals surface area contributed by atoms with E-state index in [0.717, 1.165) is 6.42 Å². The van der Waals surface area contributed by atoms with Crippen molar-refractivity contribution in [1.29, 1.82) is 0 Å². The molecular weight excluding hydrogens is 140 g/mol. The molecule has 0 spiro atoms. The van der Waals surface area contributed by atoms with Gasteiger partial charge in [-0.15, -0.1) is 0 Å². The monoisotopic (exact) mass is 152 g/mol. The van der Waals surface area contributed by atoms with Crippen LogP contribution in [-0.2, 0) is 9.59 Å². The summed E-state index contributed by atoms with van der Waals surface area (Å²) < 4.78 is 0. The maximum Gasteiger partial charge on any atom is 0.136 e. The SMILES string of the molecule is C[C@]12CC(=O)C[C@H](C1)C(=O)C2. The Labute approximate surface area is 66.0 Å². The second-order valence-electron chi connectivity index (χ2n) is 4.27. The highest BCUT2D eigenvalue weighted by Gasteiger charge is 2.46. The molecule has 0 aromatic heterocycles. The first-order valence-corrected chi connectivity index (χ1v) is 4.13. The topological polar surface area (TPSA) is 34.1 Å². The first kappa shape index (κ1) is 7.01. The third-order valence-electron chi connectivity index (χ3n) is 2.89. The van der Waals surface area contributed by atoms with Crippen LogP contribution in [0.2, 0.25) is 0 Å². The lowest BCUT2D eigenvalue weighted by Crippen LogP contribution is -2.23. The van der Waals surface area contributed by atoms with Gasteiger partial charge in [0.25, 0.3) is 0 Å². The van der Waals surface area contributed by atoms with Crippen molar-refractivity contribution in [2.75, 3.05) is 0 Å². The van der Waals surface area contributed by atoms with Crippen LogP contribution in [0.25, 0.3) is 0 Å². The molecule has 0 N–H and O–H groups in total. The summed E-state index contributed by atoms with van der Waals surface area (Å²) in [5, 5.41) is 0. The molecule has 2 saturated carbocycles. The molecule has 2 rings (SSSR count). The molecule has 0 aliphatic heterocycles. The highest BCUT2D eigenvalue weighted by atomic mass is 16.1. The molecule has 2 heteroatoms. The fourth-order valence-corrected chi connectivity index (χ4v) is 2.49. The van der Waals surface area contributed by atoms with Crippen LogP contribution in [-0.4, -0.2) is 11.6 Å². The molecular formula is C9H12O2. The van der Waals surface area contributed by atoms with Crippen molar-refractivity contribution in [3.63, 3.8) is 0 Å². The zero-order chi connectivity index (χ0) is 8.06. The maximum absolute atomic E-state index is 11.3. The lowest BCUT2D eigenvalue weighted by atomic mass is 9.77. The fourth-order valence-electron chi connectivity index (χ4n) is 2.49. The van der Waals surface area contributed by atoms with Crippen molar-refractivity contribution >= 4 is 11.6 Å². The normalized spacial score (nSPS) is 43.2. The third kappa shape index (κ3) is 1.01. The zero-order valence-electron chi connectivity index (χ0n) is 6.72. The Hall–Kier alpha value is -0.660. The molecule has 60 valence electrons. The molecule has 0 unspecified atom stereocenters. The third-order valence-corrected chi connectivity index (χ3v) is 2.89. The number of ketones is 2. The maximum atomic E-state index is 11.3. The van der Waals surface area contributed by atoms with Gasteiger partial charge in [-0.2, -0.15) is 0 Å². The van der Waals surface area contributed by atoms with Gasteiger partial charge in [-0.1, -0.05) is 6.92 Å². The van der Waals surface area contributed by atoms with E-state index in [-0.39, 0.29) is 17.1 Å². The van der Waals surface area contributed by atoms with Gasteiger partial charge >= 0.3 is 0 Å². The summed E-state index contributed by atoms with van der Waals surface area (Å²) in [6, 6.07) is 0. The van der Waals surface area contributed by atoms with Gasteiger partial charge in [-0.25, -0.2) is 0 Å². The summed E-state index contributed by atoms with van der Waals surface area (Å²) in [5.74, 6) is 0.689. The van der Waals surface area contributed by atoms with E-state index in [0.29, 0.717) is 25.0 Å². The van der Waals surface area contributed by atoms with Crippen LogP contribution >= 0.6 is 0 Å². The number of rotatable bonds is 0. The number of carbonyl (C=O) groups excluding carboxylic acids is 2. The average Bonchev–Trinajstić information content (AvgIpc) is 2.01.